The molecule has 30 heavy (non-hydrogen) atoms. The summed E-state index contributed by atoms with van der Waals surface area (Å²) in [6.45, 7) is 7.80. The number of anilines is 1. The van der Waals surface area contributed by atoms with Gasteiger partial charge in [-0.05, 0) is 25.5 Å². The van der Waals surface area contributed by atoms with Crippen molar-refractivity contribution in [3.63, 3.8) is 0 Å². The van der Waals surface area contributed by atoms with Gasteiger partial charge in [0.15, 0.2) is 5.96 Å². The Morgan fingerprint density at radius 3 is 2.60 bits per heavy atom. The summed E-state index contributed by atoms with van der Waals surface area (Å²) in [6, 6.07) is 8.14. The monoisotopic (exact) mass is 533 g/mol. The summed E-state index contributed by atoms with van der Waals surface area (Å²) in [5.41, 5.74) is 1.16. The zero-order valence-electron chi connectivity index (χ0n) is 18.6. The largest absolute Gasteiger partial charge is 0.497 e. The second-order valence-electron chi connectivity index (χ2n) is 7.08. The number of guanidine groups is 1. The van der Waals surface area contributed by atoms with E-state index in [1.165, 1.54) is 0 Å². The van der Waals surface area contributed by atoms with Gasteiger partial charge in [-0.15, -0.1) is 24.0 Å². The molecule has 1 fully saturated rings. The molecule has 0 saturated carbocycles. The van der Waals surface area contributed by atoms with Crippen molar-refractivity contribution in [3.05, 3.63) is 24.3 Å². The number of aliphatic imine (C=N–C) groups is 1. The Morgan fingerprint density at radius 2 is 1.97 bits per heavy atom. The summed E-state index contributed by atoms with van der Waals surface area (Å²) in [4.78, 5) is 22.7. The molecule has 0 atom stereocenters. The lowest BCUT2D eigenvalue weighted by Crippen LogP contribution is -2.53. The van der Waals surface area contributed by atoms with E-state index in [1.807, 2.05) is 19.1 Å². The van der Waals surface area contributed by atoms with E-state index in [0.717, 1.165) is 69.8 Å². The molecule has 8 nitrogen and oxygen atoms in total. The lowest BCUT2D eigenvalue weighted by atomic mass is 10.2. The van der Waals surface area contributed by atoms with Crippen LogP contribution in [0.15, 0.2) is 29.3 Å². The van der Waals surface area contributed by atoms with E-state index in [0.29, 0.717) is 0 Å². The first-order valence-electron chi connectivity index (χ1n) is 10.2. The molecule has 1 heterocycles. The van der Waals surface area contributed by atoms with Gasteiger partial charge in [-0.2, -0.15) is 0 Å². The van der Waals surface area contributed by atoms with Crippen molar-refractivity contribution in [2.24, 2.45) is 4.99 Å². The molecule has 0 unspecified atom stereocenters. The summed E-state index contributed by atoms with van der Waals surface area (Å²) in [6.07, 6.45) is 0.901. The minimum absolute atomic E-state index is 0. The second-order valence-corrected chi connectivity index (χ2v) is 7.08. The van der Waals surface area contributed by atoms with Crippen LogP contribution in [0.3, 0.4) is 0 Å². The number of halogens is 1. The highest BCUT2D eigenvalue weighted by Gasteiger charge is 2.20. The van der Waals surface area contributed by atoms with Crippen LogP contribution in [0.25, 0.3) is 0 Å². The molecule has 0 aromatic heterocycles. The van der Waals surface area contributed by atoms with E-state index >= 15 is 0 Å². The summed E-state index contributed by atoms with van der Waals surface area (Å²) in [7, 11) is 5.19. The van der Waals surface area contributed by atoms with Gasteiger partial charge in [0.1, 0.15) is 12.3 Å². The molecule has 170 valence electrons. The average Bonchev–Trinajstić information content (AvgIpc) is 2.75. The number of carbonyl (C=O) groups excluding carboxylic acids is 1. The molecule has 0 spiro atoms. The van der Waals surface area contributed by atoms with Gasteiger partial charge in [0.05, 0.1) is 7.11 Å². The molecule has 2 rings (SSSR count). The van der Waals surface area contributed by atoms with Crippen LogP contribution in [0.4, 0.5) is 5.69 Å². The molecule has 0 radical (unpaired) electrons. The number of amides is 1. The lowest BCUT2D eigenvalue weighted by molar-refractivity contribution is -0.127. The van der Waals surface area contributed by atoms with Crippen molar-refractivity contribution in [1.29, 1.82) is 0 Å². The van der Waals surface area contributed by atoms with Gasteiger partial charge in [0.2, 0.25) is 5.91 Å². The molecule has 1 aromatic carbocycles. The summed E-state index contributed by atoms with van der Waals surface area (Å²) >= 11 is 0. The highest BCUT2D eigenvalue weighted by atomic mass is 127. The van der Waals surface area contributed by atoms with Crippen molar-refractivity contribution < 1.29 is 14.3 Å². The Bertz CT molecular complexity index is 664. The number of rotatable bonds is 9. The van der Waals surface area contributed by atoms with Crippen molar-refractivity contribution in [3.8, 4) is 5.75 Å². The second kappa shape index (κ2) is 14.3. The van der Waals surface area contributed by atoms with Crippen LogP contribution in [0.2, 0.25) is 0 Å². The quantitative estimate of drug-likeness (QED) is 0.227. The standard InChI is InChI=1S/C21H35N5O3.HI/c1-5-29-15-7-10-22-21(23-17-20(27)24(2)3)26-13-11-25(12-14-26)18-8-6-9-19(16-18)28-4;/h6,8-9,16H,5,7,10-15,17H2,1-4H3,(H,22,23);1H. The lowest BCUT2D eigenvalue weighted by Gasteiger charge is -2.38. The molecule has 0 aliphatic carbocycles. The molecule has 9 heteroatoms. The number of methoxy groups -OCH3 is 1. The number of hydrogen-bond donors (Lipinski definition) is 1. The fourth-order valence-corrected chi connectivity index (χ4v) is 3.05. The Kier molecular flexibility index (Phi) is 12.5. The molecule has 0 bridgehead atoms. The molecular formula is C21H36IN5O3. The summed E-state index contributed by atoms with van der Waals surface area (Å²) in [5.74, 6) is 1.65. The number of likely N-dealkylation sites (N-methyl/N-ethyl adjacent to an activating group) is 1. The minimum atomic E-state index is -0.00590. The smallest absolute Gasteiger partial charge is 0.243 e. The van der Waals surface area contributed by atoms with Gasteiger partial charge in [-0.1, -0.05) is 6.07 Å². The number of nitrogens with zero attached hydrogens (tertiary/aromatic N) is 4. The fourth-order valence-electron chi connectivity index (χ4n) is 3.05. The van der Waals surface area contributed by atoms with Crippen molar-refractivity contribution in [2.45, 2.75) is 13.3 Å². The van der Waals surface area contributed by atoms with E-state index in [4.69, 9.17) is 9.47 Å². The van der Waals surface area contributed by atoms with Gasteiger partial charge in [-0.25, -0.2) is 4.99 Å². The minimum Gasteiger partial charge on any atom is -0.497 e. The predicted molar refractivity (Wildman–Crippen MR) is 132 cm³/mol. The van der Waals surface area contributed by atoms with Gasteiger partial charge >= 0.3 is 0 Å². The fraction of sp³-hybridized carbons (Fsp3) is 0.619. The molecule has 1 aliphatic heterocycles. The highest BCUT2D eigenvalue weighted by molar-refractivity contribution is 14.0. The Morgan fingerprint density at radius 1 is 1.23 bits per heavy atom. The van der Waals surface area contributed by atoms with Crippen LogP contribution in [-0.4, -0.2) is 95.4 Å². The molecule has 1 saturated heterocycles. The third kappa shape index (κ3) is 8.55. The number of hydrogen-bond acceptors (Lipinski definition) is 5. The molecule has 1 aromatic rings. The normalized spacial score (nSPS) is 14.2. The topological polar surface area (TPSA) is 69.6 Å². The van der Waals surface area contributed by atoms with Crippen LogP contribution < -0.4 is 15.0 Å². The molecule has 1 N–H and O–H groups in total. The van der Waals surface area contributed by atoms with Gasteiger partial charge in [-0.3, -0.25) is 4.79 Å². The average molecular weight is 533 g/mol. The first-order chi connectivity index (χ1) is 14.0. The summed E-state index contributed by atoms with van der Waals surface area (Å²) in [5, 5.41) is 3.40. The van der Waals surface area contributed by atoms with Crippen LogP contribution in [-0.2, 0) is 9.53 Å². The van der Waals surface area contributed by atoms with Crippen LogP contribution in [0, 0.1) is 0 Å². The van der Waals surface area contributed by atoms with Crippen molar-refractivity contribution >= 4 is 41.5 Å². The van der Waals surface area contributed by atoms with Crippen molar-refractivity contribution in [1.82, 2.24) is 15.1 Å². The van der Waals surface area contributed by atoms with Crippen LogP contribution in [0.5, 0.6) is 5.75 Å². The first kappa shape index (κ1) is 26.3. The molecule has 1 amide bonds. The third-order valence-electron chi connectivity index (χ3n) is 4.81. The maximum atomic E-state index is 12.0. The van der Waals surface area contributed by atoms with Crippen LogP contribution >= 0.6 is 24.0 Å². The van der Waals surface area contributed by atoms with E-state index < -0.39 is 0 Å². The van der Waals surface area contributed by atoms with Gasteiger partial charge in [0.25, 0.3) is 0 Å². The number of nitrogens with one attached hydrogen (secondary N) is 1. The number of benzene rings is 1. The zero-order valence-corrected chi connectivity index (χ0v) is 20.9. The Balaban J connectivity index is 0.00000450. The van der Waals surface area contributed by atoms with E-state index in [-0.39, 0.29) is 36.4 Å². The van der Waals surface area contributed by atoms with Crippen molar-refractivity contribution in [2.75, 3.05) is 78.6 Å². The molecular weight excluding hydrogens is 497 g/mol. The zero-order chi connectivity index (χ0) is 21.1. The van der Waals surface area contributed by atoms with E-state index in [2.05, 4.69) is 32.2 Å². The van der Waals surface area contributed by atoms with Crippen LogP contribution in [0.1, 0.15) is 13.3 Å². The highest BCUT2D eigenvalue weighted by Crippen LogP contribution is 2.22. The predicted octanol–water partition coefficient (Wildman–Crippen LogP) is 1.90. The maximum Gasteiger partial charge on any atom is 0.243 e. The third-order valence-corrected chi connectivity index (χ3v) is 4.81. The Hall–Kier alpha value is -1.75. The Labute approximate surface area is 197 Å². The van der Waals surface area contributed by atoms with E-state index in [1.54, 1.807) is 26.1 Å². The van der Waals surface area contributed by atoms with Gasteiger partial charge < -0.3 is 29.5 Å². The van der Waals surface area contributed by atoms with Gasteiger partial charge in [0, 0.05) is 71.8 Å². The number of carbonyl (C=O) groups is 1. The summed E-state index contributed by atoms with van der Waals surface area (Å²) < 4.78 is 10.7. The first-order valence-corrected chi connectivity index (χ1v) is 10.2. The number of piperazine rings is 1. The maximum absolute atomic E-state index is 12.0. The molecule has 1 aliphatic rings. The van der Waals surface area contributed by atoms with E-state index in [9.17, 15) is 4.79 Å². The number of ether oxygens (including phenoxy) is 2. The SMILES string of the molecule is CCOCCCNC(=NCC(=O)N(C)C)N1CCN(c2cccc(OC)c2)CC1.I.